The van der Waals surface area contributed by atoms with Crippen LogP contribution in [0.3, 0.4) is 0 Å². The molecule has 0 saturated carbocycles. The van der Waals surface area contributed by atoms with E-state index in [0.29, 0.717) is 11.7 Å². The van der Waals surface area contributed by atoms with E-state index in [4.69, 9.17) is 10.9 Å². The van der Waals surface area contributed by atoms with Gasteiger partial charge in [0, 0.05) is 31.7 Å². The Morgan fingerprint density at radius 3 is 2.64 bits per heavy atom. The van der Waals surface area contributed by atoms with E-state index < -0.39 is 0 Å². The average molecular weight is 296 g/mol. The van der Waals surface area contributed by atoms with Gasteiger partial charge in [0.2, 0.25) is 11.7 Å². The Morgan fingerprint density at radius 1 is 1.23 bits per heavy atom. The summed E-state index contributed by atoms with van der Waals surface area (Å²) >= 11 is 0. The van der Waals surface area contributed by atoms with Crippen LogP contribution in [0.1, 0.15) is 18.9 Å². The van der Waals surface area contributed by atoms with Crippen molar-refractivity contribution in [2.24, 2.45) is 0 Å². The fourth-order valence-corrected chi connectivity index (χ4v) is 2.70. The van der Waals surface area contributed by atoms with Crippen LogP contribution in [0.5, 0.6) is 0 Å². The molecular weight excluding hydrogens is 276 g/mol. The molecule has 1 aliphatic heterocycles. The highest BCUT2D eigenvalue weighted by atomic mass is 16.5. The number of hydrogen-bond donors (Lipinski definition) is 0. The molecule has 1 aliphatic rings. The van der Waals surface area contributed by atoms with Crippen LogP contribution in [-0.4, -0.2) is 52.7 Å². The summed E-state index contributed by atoms with van der Waals surface area (Å²) in [6.45, 7) is 6.72. The minimum absolute atomic E-state index is 0.123. The summed E-state index contributed by atoms with van der Waals surface area (Å²) in [5.74, 6) is 4.02. The molecule has 5 nitrogen and oxygen atoms in total. The van der Waals surface area contributed by atoms with E-state index in [9.17, 15) is 0 Å². The third kappa shape index (κ3) is 3.19. The van der Waals surface area contributed by atoms with E-state index >= 15 is 0 Å². The molecule has 22 heavy (non-hydrogen) atoms. The molecule has 0 spiro atoms. The van der Waals surface area contributed by atoms with Gasteiger partial charge in [0.15, 0.2) is 0 Å². The Labute approximate surface area is 130 Å². The highest BCUT2D eigenvalue weighted by Crippen LogP contribution is 2.23. The highest BCUT2D eigenvalue weighted by Gasteiger charge is 2.25. The van der Waals surface area contributed by atoms with Crippen LogP contribution in [0.25, 0.3) is 11.4 Å². The lowest BCUT2D eigenvalue weighted by atomic mass is 10.2. The Kier molecular flexibility index (Phi) is 4.52. The van der Waals surface area contributed by atoms with Gasteiger partial charge in [0.1, 0.15) is 0 Å². The highest BCUT2D eigenvalue weighted by molar-refractivity contribution is 5.53. The number of aromatic nitrogens is 2. The number of terminal acetylenes is 1. The topological polar surface area (TPSA) is 45.4 Å². The minimum atomic E-state index is 0.123. The smallest absolute Gasteiger partial charge is 0.244 e. The van der Waals surface area contributed by atoms with E-state index in [2.05, 4.69) is 32.8 Å². The van der Waals surface area contributed by atoms with Crippen LogP contribution in [0.4, 0.5) is 0 Å². The molecule has 0 aliphatic carbocycles. The summed E-state index contributed by atoms with van der Waals surface area (Å²) in [6, 6.07) is 10.0. The first-order valence-electron chi connectivity index (χ1n) is 7.57. The normalized spacial score (nSPS) is 18.0. The van der Waals surface area contributed by atoms with Gasteiger partial charge in [-0.2, -0.15) is 4.98 Å². The molecule has 0 bridgehead atoms. The molecule has 3 rings (SSSR count). The average Bonchev–Trinajstić information content (AvgIpc) is 3.06. The van der Waals surface area contributed by atoms with Gasteiger partial charge in [0.05, 0.1) is 12.6 Å². The predicted molar refractivity (Wildman–Crippen MR) is 85.0 cm³/mol. The number of benzene rings is 1. The summed E-state index contributed by atoms with van der Waals surface area (Å²) in [6.07, 6.45) is 5.36. The van der Waals surface area contributed by atoms with Crippen molar-refractivity contribution >= 4 is 0 Å². The number of hydrogen-bond acceptors (Lipinski definition) is 5. The van der Waals surface area contributed by atoms with Crippen LogP contribution in [0.2, 0.25) is 0 Å². The van der Waals surface area contributed by atoms with Crippen LogP contribution in [-0.2, 0) is 0 Å². The first-order valence-corrected chi connectivity index (χ1v) is 7.57. The zero-order chi connectivity index (χ0) is 15.4. The van der Waals surface area contributed by atoms with Gasteiger partial charge >= 0.3 is 0 Å². The van der Waals surface area contributed by atoms with Gasteiger partial charge in [-0.25, -0.2) is 0 Å². The third-order valence-corrected chi connectivity index (χ3v) is 4.10. The molecule has 114 valence electrons. The Morgan fingerprint density at radius 2 is 1.95 bits per heavy atom. The van der Waals surface area contributed by atoms with Crippen molar-refractivity contribution in [2.45, 2.75) is 13.0 Å². The van der Waals surface area contributed by atoms with Gasteiger partial charge in [0.25, 0.3) is 0 Å². The van der Waals surface area contributed by atoms with Crippen molar-refractivity contribution in [3.63, 3.8) is 0 Å². The predicted octanol–water partition coefficient (Wildman–Crippen LogP) is 2.05. The second-order valence-electron chi connectivity index (χ2n) is 5.51. The Hall–Kier alpha value is -2.16. The van der Waals surface area contributed by atoms with Crippen LogP contribution in [0, 0.1) is 12.3 Å². The fraction of sp³-hybridized carbons (Fsp3) is 0.412. The van der Waals surface area contributed by atoms with Crippen LogP contribution < -0.4 is 0 Å². The molecule has 1 aromatic carbocycles. The summed E-state index contributed by atoms with van der Waals surface area (Å²) < 4.78 is 5.46. The molecule has 2 heterocycles. The minimum Gasteiger partial charge on any atom is -0.337 e. The molecular formula is C17H20N4O. The molecule has 1 saturated heterocycles. The van der Waals surface area contributed by atoms with Gasteiger partial charge in [-0.15, -0.1) is 6.42 Å². The maximum Gasteiger partial charge on any atom is 0.244 e. The van der Waals surface area contributed by atoms with E-state index in [1.165, 1.54) is 0 Å². The van der Waals surface area contributed by atoms with Gasteiger partial charge in [-0.1, -0.05) is 41.4 Å². The van der Waals surface area contributed by atoms with Crippen LogP contribution >= 0.6 is 0 Å². The lowest BCUT2D eigenvalue weighted by molar-refractivity contribution is 0.0957. The molecule has 0 N–H and O–H groups in total. The van der Waals surface area contributed by atoms with Gasteiger partial charge in [-0.3, -0.25) is 9.80 Å². The summed E-state index contributed by atoms with van der Waals surface area (Å²) in [5.41, 5.74) is 0.975. The van der Waals surface area contributed by atoms with E-state index in [-0.39, 0.29) is 6.04 Å². The maximum absolute atomic E-state index is 5.46. The van der Waals surface area contributed by atoms with Crippen molar-refractivity contribution < 1.29 is 4.52 Å². The molecule has 2 aromatic rings. The SMILES string of the molecule is C#CCN1CCN(C(C)c2nc(-c3ccccc3)no2)CC1. The van der Waals surface area contributed by atoms with E-state index in [1.54, 1.807) is 0 Å². The lowest BCUT2D eigenvalue weighted by Crippen LogP contribution is -2.47. The molecule has 0 amide bonds. The standard InChI is InChI=1S/C17H20N4O/c1-3-9-20-10-12-21(13-11-20)14(2)17-18-16(19-22-17)15-7-5-4-6-8-15/h1,4-8,14H,9-13H2,2H3. The first-order chi connectivity index (χ1) is 10.8. The van der Waals surface area contributed by atoms with Gasteiger partial charge < -0.3 is 4.52 Å². The molecule has 1 atom stereocenters. The third-order valence-electron chi connectivity index (χ3n) is 4.10. The van der Waals surface area contributed by atoms with Crippen molar-refractivity contribution in [3.8, 4) is 23.7 Å². The van der Waals surface area contributed by atoms with E-state index in [1.807, 2.05) is 30.3 Å². The molecule has 1 fully saturated rings. The van der Waals surface area contributed by atoms with Crippen molar-refractivity contribution in [1.82, 2.24) is 19.9 Å². The van der Waals surface area contributed by atoms with Crippen LogP contribution in [0.15, 0.2) is 34.9 Å². The number of rotatable bonds is 4. The maximum atomic E-state index is 5.46. The lowest BCUT2D eigenvalue weighted by Gasteiger charge is -2.35. The molecule has 5 heteroatoms. The van der Waals surface area contributed by atoms with Gasteiger partial charge in [-0.05, 0) is 6.92 Å². The summed E-state index contributed by atoms with van der Waals surface area (Å²) in [7, 11) is 0. The van der Waals surface area contributed by atoms with Crippen molar-refractivity contribution in [3.05, 3.63) is 36.2 Å². The Balaban J connectivity index is 1.65. The summed E-state index contributed by atoms with van der Waals surface area (Å²) in [5, 5.41) is 4.10. The van der Waals surface area contributed by atoms with E-state index in [0.717, 1.165) is 38.3 Å². The molecule has 1 aromatic heterocycles. The quantitative estimate of drug-likeness (QED) is 0.808. The van der Waals surface area contributed by atoms with Crippen molar-refractivity contribution in [1.29, 1.82) is 0 Å². The second-order valence-corrected chi connectivity index (χ2v) is 5.51. The number of nitrogens with zero attached hydrogens (tertiary/aromatic N) is 4. The second kappa shape index (κ2) is 6.73. The number of piperazine rings is 1. The first kappa shape index (κ1) is 14.8. The zero-order valence-electron chi connectivity index (χ0n) is 12.8. The summed E-state index contributed by atoms with van der Waals surface area (Å²) in [4.78, 5) is 9.19. The van der Waals surface area contributed by atoms with Crippen molar-refractivity contribution in [2.75, 3.05) is 32.7 Å². The fourth-order valence-electron chi connectivity index (χ4n) is 2.70. The zero-order valence-corrected chi connectivity index (χ0v) is 12.8. The largest absolute Gasteiger partial charge is 0.337 e. The Bertz CT molecular complexity index is 638. The monoisotopic (exact) mass is 296 g/mol. The molecule has 0 radical (unpaired) electrons. The molecule has 1 unspecified atom stereocenters.